The average Bonchev–Trinajstić information content (AvgIpc) is 2.30. The van der Waals surface area contributed by atoms with Crippen molar-refractivity contribution in [3.8, 4) is 5.75 Å². The van der Waals surface area contributed by atoms with Crippen LogP contribution in [-0.4, -0.2) is 31.0 Å². The summed E-state index contributed by atoms with van der Waals surface area (Å²) in [7, 11) is 1.79. The Morgan fingerprint density at radius 2 is 2.11 bits per heavy atom. The van der Waals surface area contributed by atoms with Gasteiger partial charge in [-0.3, -0.25) is 4.79 Å². The van der Waals surface area contributed by atoms with Gasteiger partial charge in [0.15, 0.2) is 5.75 Å². The number of carbonyl (C=O) groups excluding carboxylic acids is 1. The first-order valence-corrected chi connectivity index (χ1v) is 6.24. The van der Waals surface area contributed by atoms with E-state index in [2.05, 4.69) is 13.8 Å². The van der Waals surface area contributed by atoms with Crippen molar-refractivity contribution >= 4 is 11.6 Å². The molecule has 0 spiro atoms. The predicted molar refractivity (Wildman–Crippen MR) is 73.8 cm³/mol. The quantitative estimate of drug-likeness (QED) is 0.816. The van der Waals surface area contributed by atoms with Crippen LogP contribution in [0, 0.1) is 5.92 Å². The molecule has 0 bridgehead atoms. The van der Waals surface area contributed by atoms with Gasteiger partial charge in [-0.25, -0.2) is 0 Å². The molecule has 0 aromatic heterocycles. The maximum absolute atomic E-state index is 12.3. The number of nitrogens with zero attached hydrogens (tertiary/aromatic N) is 1. The van der Waals surface area contributed by atoms with E-state index in [1.54, 1.807) is 30.1 Å². The van der Waals surface area contributed by atoms with Crippen LogP contribution in [0.2, 0.25) is 0 Å². The summed E-state index contributed by atoms with van der Waals surface area (Å²) in [6, 6.07) is 5.26. The van der Waals surface area contributed by atoms with Gasteiger partial charge < -0.3 is 15.4 Å². The number of nitrogens with two attached hydrogens (primary N) is 1. The minimum Gasteiger partial charge on any atom is -0.491 e. The minimum atomic E-state index is -0.0561. The summed E-state index contributed by atoms with van der Waals surface area (Å²) in [5, 5.41) is 0. The Morgan fingerprint density at radius 1 is 1.44 bits per heavy atom. The summed E-state index contributed by atoms with van der Waals surface area (Å²) in [5.74, 6) is 0.857. The molecule has 1 aromatic rings. The van der Waals surface area contributed by atoms with Crippen LogP contribution in [0.4, 0.5) is 5.69 Å². The van der Waals surface area contributed by atoms with E-state index in [0.29, 0.717) is 36.1 Å². The second-order valence-corrected chi connectivity index (χ2v) is 4.74. The second kappa shape index (κ2) is 6.28. The van der Waals surface area contributed by atoms with Gasteiger partial charge in [-0.15, -0.1) is 0 Å². The highest BCUT2D eigenvalue weighted by atomic mass is 16.5. The first kappa shape index (κ1) is 14.4. The van der Waals surface area contributed by atoms with E-state index < -0.39 is 0 Å². The van der Waals surface area contributed by atoms with Gasteiger partial charge in [-0.05, 0) is 25.0 Å². The highest BCUT2D eigenvalue weighted by Crippen LogP contribution is 2.27. The van der Waals surface area contributed by atoms with Crippen molar-refractivity contribution in [3.63, 3.8) is 0 Å². The molecule has 0 heterocycles. The van der Waals surface area contributed by atoms with E-state index in [1.807, 2.05) is 6.92 Å². The number of anilines is 1. The first-order valence-electron chi connectivity index (χ1n) is 6.24. The topological polar surface area (TPSA) is 55.6 Å². The van der Waals surface area contributed by atoms with Gasteiger partial charge in [0.1, 0.15) is 0 Å². The van der Waals surface area contributed by atoms with Crippen molar-refractivity contribution in [1.82, 2.24) is 4.90 Å². The third-order valence-corrected chi connectivity index (χ3v) is 2.55. The molecule has 0 aliphatic carbocycles. The largest absolute Gasteiger partial charge is 0.491 e. The fourth-order valence-electron chi connectivity index (χ4n) is 1.86. The fraction of sp³-hybridized carbons (Fsp3) is 0.500. The summed E-state index contributed by atoms with van der Waals surface area (Å²) >= 11 is 0. The minimum absolute atomic E-state index is 0.0561. The zero-order chi connectivity index (χ0) is 13.7. The summed E-state index contributed by atoms with van der Waals surface area (Å²) < 4.78 is 5.47. The predicted octanol–water partition coefficient (Wildman–Crippen LogP) is 2.40. The SMILES string of the molecule is CCOc1c(N)cccc1C(=O)N(C)CC(C)C. The molecule has 4 heteroatoms. The van der Waals surface area contributed by atoms with E-state index in [0.717, 1.165) is 0 Å². The number of carbonyl (C=O) groups is 1. The van der Waals surface area contributed by atoms with Crippen molar-refractivity contribution in [1.29, 1.82) is 0 Å². The molecule has 0 aliphatic heterocycles. The standard InChI is InChI=1S/C14H22N2O2/c1-5-18-13-11(7-6-8-12(13)15)14(17)16(4)9-10(2)3/h6-8,10H,5,9,15H2,1-4H3. The van der Waals surface area contributed by atoms with E-state index in [4.69, 9.17) is 10.5 Å². The molecule has 18 heavy (non-hydrogen) atoms. The molecular formula is C14H22N2O2. The molecule has 0 saturated carbocycles. The molecule has 0 radical (unpaired) electrons. The maximum Gasteiger partial charge on any atom is 0.257 e. The van der Waals surface area contributed by atoms with Gasteiger partial charge in [0, 0.05) is 13.6 Å². The van der Waals surface area contributed by atoms with E-state index in [1.165, 1.54) is 0 Å². The Hall–Kier alpha value is -1.71. The van der Waals surface area contributed by atoms with Crippen LogP contribution in [0.15, 0.2) is 18.2 Å². The smallest absolute Gasteiger partial charge is 0.257 e. The number of rotatable bonds is 5. The van der Waals surface area contributed by atoms with Gasteiger partial charge in [-0.2, -0.15) is 0 Å². The number of amides is 1. The van der Waals surface area contributed by atoms with Crippen molar-refractivity contribution in [2.24, 2.45) is 5.92 Å². The highest BCUT2D eigenvalue weighted by Gasteiger charge is 2.18. The van der Waals surface area contributed by atoms with Gasteiger partial charge in [0.2, 0.25) is 0 Å². The van der Waals surface area contributed by atoms with Crippen LogP contribution < -0.4 is 10.5 Å². The Balaban J connectivity index is 3.01. The third kappa shape index (κ3) is 3.39. The lowest BCUT2D eigenvalue weighted by Gasteiger charge is -2.21. The molecule has 0 unspecified atom stereocenters. The molecule has 0 saturated heterocycles. The monoisotopic (exact) mass is 250 g/mol. The van der Waals surface area contributed by atoms with Gasteiger partial charge in [-0.1, -0.05) is 19.9 Å². The summed E-state index contributed by atoms with van der Waals surface area (Å²) in [5.41, 5.74) is 6.88. The first-order chi connectivity index (χ1) is 8.47. The Kier molecular flexibility index (Phi) is 5.01. The summed E-state index contributed by atoms with van der Waals surface area (Å²) in [6.07, 6.45) is 0. The van der Waals surface area contributed by atoms with Crippen LogP contribution >= 0.6 is 0 Å². The average molecular weight is 250 g/mol. The Bertz CT molecular complexity index is 416. The number of hydrogen-bond acceptors (Lipinski definition) is 3. The summed E-state index contributed by atoms with van der Waals surface area (Å²) in [4.78, 5) is 14.0. The van der Waals surface area contributed by atoms with Crippen LogP contribution in [0.1, 0.15) is 31.1 Å². The van der Waals surface area contributed by atoms with E-state index >= 15 is 0 Å². The number of para-hydroxylation sites is 1. The van der Waals surface area contributed by atoms with Crippen molar-refractivity contribution in [2.45, 2.75) is 20.8 Å². The van der Waals surface area contributed by atoms with Crippen LogP contribution in [0.5, 0.6) is 5.75 Å². The second-order valence-electron chi connectivity index (χ2n) is 4.74. The molecule has 2 N–H and O–H groups in total. The van der Waals surface area contributed by atoms with Crippen LogP contribution in [0.3, 0.4) is 0 Å². The molecule has 1 rings (SSSR count). The third-order valence-electron chi connectivity index (χ3n) is 2.55. The summed E-state index contributed by atoms with van der Waals surface area (Å²) in [6.45, 7) is 7.22. The lowest BCUT2D eigenvalue weighted by Crippen LogP contribution is -2.30. The molecule has 1 aromatic carbocycles. The number of nitrogen functional groups attached to an aromatic ring is 1. The van der Waals surface area contributed by atoms with Crippen LogP contribution in [-0.2, 0) is 0 Å². The zero-order valence-electron chi connectivity index (χ0n) is 11.6. The molecule has 4 nitrogen and oxygen atoms in total. The van der Waals surface area contributed by atoms with Gasteiger partial charge >= 0.3 is 0 Å². The normalized spacial score (nSPS) is 10.5. The Labute approximate surface area is 109 Å². The molecule has 100 valence electrons. The van der Waals surface area contributed by atoms with Gasteiger partial charge in [0.25, 0.3) is 5.91 Å². The highest BCUT2D eigenvalue weighted by molar-refractivity contribution is 5.98. The fourth-order valence-corrected chi connectivity index (χ4v) is 1.86. The Morgan fingerprint density at radius 3 is 2.67 bits per heavy atom. The lowest BCUT2D eigenvalue weighted by molar-refractivity contribution is 0.0775. The van der Waals surface area contributed by atoms with E-state index in [-0.39, 0.29) is 5.91 Å². The van der Waals surface area contributed by atoms with E-state index in [9.17, 15) is 4.79 Å². The number of ether oxygens (including phenoxy) is 1. The molecule has 0 aliphatic rings. The molecule has 0 atom stereocenters. The zero-order valence-corrected chi connectivity index (χ0v) is 11.6. The molecule has 1 amide bonds. The van der Waals surface area contributed by atoms with Gasteiger partial charge in [0.05, 0.1) is 17.9 Å². The van der Waals surface area contributed by atoms with Crippen LogP contribution in [0.25, 0.3) is 0 Å². The maximum atomic E-state index is 12.3. The molecule has 0 fully saturated rings. The molecular weight excluding hydrogens is 228 g/mol. The van der Waals surface area contributed by atoms with Crippen molar-refractivity contribution in [3.05, 3.63) is 23.8 Å². The number of hydrogen-bond donors (Lipinski definition) is 1. The van der Waals surface area contributed by atoms with Crippen molar-refractivity contribution < 1.29 is 9.53 Å². The van der Waals surface area contributed by atoms with Crippen molar-refractivity contribution in [2.75, 3.05) is 25.9 Å². The lowest BCUT2D eigenvalue weighted by atomic mass is 10.1. The number of benzene rings is 1.